The Bertz CT molecular complexity index is 408. The van der Waals surface area contributed by atoms with Crippen molar-refractivity contribution < 1.29 is 0 Å². The molecule has 82 valence electrons. The molecule has 1 aromatic carbocycles. The molecule has 0 fully saturated rings. The maximum Gasteiger partial charge on any atom is 0.00207 e. The van der Waals surface area contributed by atoms with Gasteiger partial charge in [0.25, 0.3) is 0 Å². The van der Waals surface area contributed by atoms with Crippen LogP contribution in [0.3, 0.4) is 0 Å². The van der Waals surface area contributed by atoms with Gasteiger partial charge in [-0.1, -0.05) is 29.8 Å². The van der Waals surface area contributed by atoms with Crippen LogP contribution < -0.4 is 0 Å². The molecule has 0 bridgehead atoms. The van der Waals surface area contributed by atoms with Gasteiger partial charge in [0.1, 0.15) is 0 Å². The highest BCUT2D eigenvalue weighted by Gasteiger charge is 2.17. The van der Waals surface area contributed by atoms with E-state index in [9.17, 15) is 0 Å². The first kappa shape index (κ1) is 10.8. The van der Waals surface area contributed by atoms with E-state index in [0.29, 0.717) is 0 Å². The van der Waals surface area contributed by atoms with E-state index in [1.807, 2.05) is 0 Å². The lowest BCUT2D eigenvalue weighted by molar-refractivity contribution is 1.29. The summed E-state index contributed by atoms with van der Waals surface area (Å²) in [6, 6.07) is 6.85. The minimum absolute atomic E-state index is 0.431. The molecule has 0 N–H and O–H groups in total. The van der Waals surface area contributed by atoms with Crippen LogP contribution in [0.2, 0.25) is 0 Å². The van der Waals surface area contributed by atoms with E-state index < -0.39 is 10.0 Å². The van der Waals surface area contributed by atoms with Gasteiger partial charge in [0.05, 0.1) is 0 Å². The molecule has 0 unspecified atom stereocenters. The molecule has 1 aliphatic carbocycles. The zero-order valence-electron chi connectivity index (χ0n) is 10.1. The molecule has 0 heterocycles. The summed E-state index contributed by atoms with van der Waals surface area (Å²) in [7, 11) is -0.431. The lowest BCUT2D eigenvalue weighted by Gasteiger charge is -2.26. The van der Waals surface area contributed by atoms with Crippen LogP contribution >= 0.6 is 10.0 Å². The Morgan fingerprint density at radius 1 is 1.20 bits per heavy atom. The van der Waals surface area contributed by atoms with E-state index in [1.165, 1.54) is 22.4 Å². The molecule has 0 saturated heterocycles. The van der Waals surface area contributed by atoms with Crippen LogP contribution in [-0.4, -0.2) is 24.5 Å². The molecule has 15 heavy (non-hydrogen) atoms. The fourth-order valence-electron chi connectivity index (χ4n) is 2.11. The zero-order chi connectivity index (χ0) is 11.1. The smallest absolute Gasteiger partial charge is 0.00207 e. The Balaban J connectivity index is 2.30. The molecule has 0 atom stereocenters. The van der Waals surface area contributed by atoms with E-state index in [-0.39, 0.29) is 0 Å². The van der Waals surface area contributed by atoms with E-state index in [0.717, 1.165) is 6.42 Å². The van der Waals surface area contributed by atoms with Crippen molar-refractivity contribution in [3.8, 4) is 0 Å². The highest BCUT2D eigenvalue weighted by atomic mass is 32.3. The number of hydrogen-bond donors (Lipinski definition) is 0. The number of allylic oxidation sites excluding steroid dienone is 1. The monoisotopic (exact) mass is 220 g/mol. The normalized spacial score (nSPS) is 16.1. The summed E-state index contributed by atoms with van der Waals surface area (Å²) in [5.41, 5.74) is 5.98. The largest absolute Gasteiger partial charge is 0.246 e. The predicted octanol–water partition coefficient (Wildman–Crippen LogP) is 3.63. The van der Waals surface area contributed by atoms with Gasteiger partial charge in [-0.05, 0) is 48.8 Å². The number of aryl methyl sites for hydroxylation is 1. The lowest BCUT2D eigenvalue weighted by Crippen LogP contribution is -2.00. The molecule has 0 amide bonds. The van der Waals surface area contributed by atoms with E-state index in [1.54, 1.807) is 5.57 Å². The number of benzene rings is 1. The van der Waals surface area contributed by atoms with Gasteiger partial charge in [-0.2, -0.15) is 0 Å². The van der Waals surface area contributed by atoms with Crippen molar-refractivity contribution >= 4 is 15.6 Å². The fourth-order valence-corrected chi connectivity index (χ4v) is 3.32. The molecular weight excluding hydrogens is 200 g/mol. The van der Waals surface area contributed by atoms with Gasteiger partial charge in [-0.3, -0.25) is 0 Å². The van der Waals surface area contributed by atoms with Crippen molar-refractivity contribution in [3.05, 3.63) is 41.0 Å². The van der Waals surface area contributed by atoms with Crippen molar-refractivity contribution in [2.24, 2.45) is 0 Å². The Morgan fingerprint density at radius 3 is 2.60 bits per heavy atom. The molecular formula is C14H20S. The quantitative estimate of drug-likeness (QED) is 0.714. The fraction of sp³-hybridized carbons (Fsp3) is 0.429. The molecule has 0 spiro atoms. The van der Waals surface area contributed by atoms with Crippen LogP contribution in [0, 0.1) is 6.92 Å². The molecule has 0 aromatic heterocycles. The summed E-state index contributed by atoms with van der Waals surface area (Å²) >= 11 is 0. The number of fused-ring (bicyclic) bond motifs is 1. The van der Waals surface area contributed by atoms with Crippen LogP contribution in [0.4, 0.5) is 0 Å². The van der Waals surface area contributed by atoms with E-state index >= 15 is 0 Å². The minimum atomic E-state index is -0.431. The molecule has 2 rings (SSSR count). The van der Waals surface area contributed by atoms with E-state index in [2.05, 4.69) is 50.0 Å². The third-order valence-corrected chi connectivity index (χ3v) is 3.95. The number of rotatable bonds is 2. The predicted molar refractivity (Wildman–Crippen MR) is 73.1 cm³/mol. The van der Waals surface area contributed by atoms with Crippen molar-refractivity contribution in [1.82, 2.24) is 0 Å². The second kappa shape index (κ2) is 3.71. The van der Waals surface area contributed by atoms with Crippen LogP contribution in [0.15, 0.2) is 24.3 Å². The van der Waals surface area contributed by atoms with Gasteiger partial charge in [0.2, 0.25) is 0 Å². The van der Waals surface area contributed by atoms with Crippen LogP contribution in [0.1, 0.15) is 16.7 Å². The van der Waals surface area contributed by atoms with Crippen LogP contribution in [-0.2, 0) is 6.42 Å². The van der Waals surface area contributed by atoms with Gasteiger partial charge >= 0.3 is 0 Å². The summed E-state index contributed by atoms with van der Waals surface area (Å²) in [5, 5.41) is 0. The molecule has 0 nitrogen and oxygen atoms in total. The average Bonchev–Trinajstić information content (AvgIpc) is 2.46. The Hall–Kier alpha value is -0.690. The second-order valence-electron chi connectivity index (χ2n) is 5.33. The van der Waals surface area contributed by atoms with Gasteiger partial charge in [0, 0.05) is 5.75 Å². The molecule has 1 aliphatic rings. The molecule has 1 heteroatoms. The van der Waals surface area contributed by atoms with Crippen molar-refractivity contribution in [2.45, 2.75) is 13.3 Å². The molecule has 0 aliphatic heterocycles. The second-order valence-corrected chi connectivity index (χ2v) is 9.80. The average molecular weight is 220 g/mol. The third kappa shape index (κ3) is 2.46. The van der Waals surface area contributed by atoms with Gasteiger partial charge < -0.3 is 0 Å². The zero-order valence-corrected chi connectivity index (χ0v) is 10.9. The Morgan fingerprint density at radius 2 is 1.93 bits per heavy atom. The summed E-state index contributed by atoms with van der Waals surface area (Å²) < 4.78 is 0. The van der Waals surface area contributed by atoms with Gasteiger partial charge in [-0.25, -0.2) is 10.0 Å². The van der Waals surface area contributed by atoms with Crippen molar-refractivity contribution in [3.63, 3.8) is 0 Å². The molecule has 0 saturated carbocycles. The standard InChI is InChI=1S/C14H20S/c1-11-5-6-12-7-8-13(14(12)9-11)10-15(2,3)4/h5-6,8-9H,7,10H2,1-4H3. The highest BCUT2D eigenvalue weighted by Crippen LogP contribution is 2.42. The Labute approximate surface area is 94.7 Å². The van der Waals surface area contributed by atoms with Crippen LogP contribution in [0.25, 0.3) is 5.57 Å². The van der Waals surface area contributed by atoms with E-state index in [4.69, 9.17) is 0 Å². The summed E-state index contributed by atoms with van der Waals surface area (Å²) in [4.78, 5) is 0. The topological polar surface area (TPSA) is 0 Å². The van der Waals surface area contributed by atoms with Crippen molar-refractivity contribution in [1.29, 1.82) is 0 Å². The minimum Gasteiger partial charge on any atom is -0.246 e. The number of hydrogen-bond acceptors (Lipinski definition) is 0. The Kier molecular flexibility index (Phi) is 2.68. The summed E-state index contributed by atoms with van der Waals surface area (Å²) in [6.07, 6.45) is 10.7. The van der Waals surface area contributed by atoms with Crippen molar-refractivity contribution in [2.75, 3.05) is 24.5 Å². The summed E-state index contributed by atoms with van der Waals surface area (Å²) in [5.74, 6) is 1.27. The first-order valence-corrected chi connectivity index (χ1v) is 8.43. The van der Waals surface area contributed by atoms with Gasteiger partial charge in [-0.15, -0.1) is 0 Å². The molecule has 1 aromatic rings. The maximum absolute atomic E-state index is 2.42. The van der Waals surface area contributed by atoms with Gasteiger partial charge in [0.15, 0.2) is 0 Å². The first-order valence-electron chi connectivity index (χ1n) is 5.41. The van der Waals surface area contributed by atoms with Crippen LogP contribution in [0.5, 0.6) is 0 Å². The lowest BCUT2D eigenvalue weighted by atomic mass is 10.0. The first-order chi connectivity index (χ1) is 6.96. The molecule has 0 radical (unpaired) electrons. The summed E-state index contributed by atoms with van der Waals surface area (Å²) in [6.45, 7) is 2.18. The highest BCUT2D eigenvalue weighted by molar-refractivity contribution is 8.32. The third-order valence-electron chi connectivity index (χ3n) is 2.77. The SMILES string of the molecule is Cc1ccc2c(c1)C(CS(C)(C)C)=CC2. The maximum atomic E-state index is 2.42.